The van der Waals surface area contributed by atoms with Gasteiger partial charge < -0.3 is 10.5 Å². The van der Waals surface area contributed by atoms with Gasteiger partial charge in [-0.05, 0) is 24.6 Å². The zero-order valence-electron chi connectivity index (χ0n) is 12.0. The average Bonchev–Trinajstić information content (AvgIpc) is 2.47. The van der Waals surface area contributed by atoms with E-state index < -0.39 is 0 Å². The summed E-state index contributed by atoms with van der Waals surface area (Å²) in [5, 5.41) is 4.24. The Balaban J connectivity index is 2.47. The summed E-state index contributed by atoms with van der Waals surface area (Å²) in [5.74, 6) is 0.766. The molecule has 21 heavy (non-hydrogen) atoms. The van der Waals surface area contributed by atoms with Gasteiger partial charge in [0, 0.05) is 12.6 Å². The summed E-state index contributed by atoms with van der Waals surface area (Å²) in [7, 11) is 1.57. The maximum atomic E-state index is 11.9. The van der Waals surface area contributed by atoms with Crippen LogP contribution in [0.3, 0.4) is 0 Å². The molecule has 0 aliphatic heterocycles. The molecular weight excluding hydrogens is 286 g/mol. The van der Waals surface area contributed by atoms with Crippen LogP contribution in [0.15, 0.2) is 35.1 Å². The highest BCUT2D eigenvalue weighted by atomic mass is 32.1. The topological polar surface area (TPSA) is 70.1 Å². The quantitative estimate of drug-likeness (QED) is 0.854. The molecule has 0 atom stereocenters. The molecule has 1 heterocycles. The Morgan fingerprint density at radius 1 is 1.43 bits per heavy atom. The van der Waals surface area contributed by atoms with E-state index in [0.29, 0.717) is 12.3 Å². The van der Waals surface area contributed by atoms with E-state index in [-0.39, 0.29) is 16.1 Å². The number of hydrogen-bond acceptors (Lipinski definition) is 4. The Labute approximate surface area is 128 Å². The smallest absolute Gasteiger partial charge is 0.276 e. The van der Waals surface area contributed by atoms with Crippen LogP contribution >= 0.6 is 12.2 Å². The second-order valence-electron chi connectivity index (χ2n) is 4.61. The van der Waals surface area contributed by atoms with E-state index >= 15 is 0 Å². The lowest BCUT2D eigenvalue weighted by molar-refractivity contribution is 0.317. The Morgan fingerprint density at radius 2 is 2.19 bits per heavy atom. The maximum absolute atomic E-state index is 11.9. The highest BCUT2D eigenvalue weighted by Crippen LogP contribution is 2.22. The summed E-state index contributed by atoms with van der Waals surface area (Å²) in [6, 6.07) is 9.16. The van der Waals surface area contributed by atoms with Gasteiger partial charge in [0.1, 0.15) is 10.7 Å². The summed E-state index contributed by atoms with van der Waals surface area (Å²) in [6.45, 7) is 2.70. The minimum Gasteiger partial charge on any atom is -0.494 e. The molecule has 0 fully saturated rings. The van der Waals surface area contributed by atoms with Gasteiger partial charge in [-0.3, -0.25) is 4.79 Å². The van der Waals surface area contributed by atoms with E-state index in [0.717, 1.165) is 17.7 Å². The van der Waals surface area contributed by atoms with Crippen LogP contribution in [0.25, 0.3) is 11.3 Å². The van der Waals surface area contributed by atoms with Gasteiger partial charge in [0.2, 0.25) is 0 Å². The summed E-state index contributed by atoms with van der Waals surface area (Å²) < 4.78 is 6.84. The number of hydrogen-bond donors (Lipinski definition) is 1. The monoisotopic (exact) mass is 303 g/mol. The van der Waals surface area contributed by atoms with Gasteiger partial charge in [-0.2, -0.15) is 5.10 Å². The molecule has 2 aromatic rings. The van der Waals surface area contributed by atoms with Crippen molar-refractivity contribution in [1.29, 1.82) is 0 Å². The number of aromatic nitrogens is 2. The number of benzene rings is 1. The van der Waals surface area contributed by atoms with Gasteiger partial charge in [0.15, 0.2) is 0 Å². The van der Waals surface area contributed by atoms with Gasteiger partial charge in [0.25, 0.3) is 5.56 Å². The molecular formula is C15H17N3O2S. The second-order valence-corrected chi connectivity index (χ2v) is 5.05. The molecule has 5 nitrogen and oxygen atoms in total. The molecule has 0 unspecified atom stereocenters. The fourth-order valence-corrected chi connectivity index (χ4v) is 2.04. The van der Waals surface area contributed by atoms with Crippen molar-refractivity contribution < 1.29 is 4.74 Å². The predicted octanol–water partition coefficient (Wildman–Crippen LogP) is 1.87. The summed E-state index contributed by atoms with van der Waals surface area (Å²) in [5.41, 5.74) is 7.05. The van der Waals surface area contributed by atoms with Crippen molar-refractivity contribution in [2.24, 2.45) is 12.8 Å². The molecule has 0 saturated heterocycles. The van der Waals surface area contributed by atoms with Gasteiger partial charge in [-0.1, -0.05) is 31.3 Å². The van der Waals surface area contributed by atoms with Crippen molar-refractivity contribution in [2.75, 3.05) is 6.61 Å². The van der Waals surface area contributed by atoms with Crippen molar-refractivity contribution in [3.05, 3.63) is 46.2 Å². The van der Waals surface area contributed by atoms with Crippen molar-refractivity contribution in [3.8, 4) is 17.0 Å². The summed E-state index contributed by atoms with van der Waals surface area (Å²) in [6.07, 6.45) is 0.938. The highest BCUT2D eigenvalue weighted by molar-refractivity contribution is 7.80. The Bertz CT molecular complexity index is 725. The van der Waals surface area contributed by atoms with E-state index in [1.807, 2.05) is 31.2 Å². The molecule has 0 saturated carbocycles. The first-order chi connectivity index (χ1) is 10.0. The Morgan fingerprint density at radius 3 is 2.86 bits per heavy atom. The second kappa shape index (κ2) is 6.49. The van der Waals surface area contributed by atoms with E-state index in [4.69, 9.17) is 22.7 Å². The van der Waals surface area contributed by atoms with Crippen LogP contribution in [0, 0.1) is 0 Å². The van der Waals surface area contributed by atoms with Crippen LogP contribution in [0.1, 0.15) is 18.9 Å². The van der Waals surface area contributed by atoms with Gasteiger partial charge in [-0.25, -0.2) is 4.68 Å². The third kappa shape index (κ3) is 3.46. The van der Waals surface area contributed by atoms with Crippen LogP contribution in [0.2, 0.25) is 0 Å². The van der Waals surface area contributed by atoms with Crippen molar-refractivity contribution in [1.82, 2.24) is 9.78 Å². The molecule has 2 N–H and O–H groups in total. The number of ether oxygens (including phenoxy) is 1. The lowest BCUT2D eigenvalue weighted by Crippen LogP contribution is -2.29. The average molecular weight is 303 g/mol. The zero-order chi connectivity index (χ0) is 15.4. The van der Waals surface area contributed by atoms with Crippen molar-refractivity contribution >= 4 is 17.2 Å². The third-order valence-corrected chi connectivity index (χ3v) is 3.15. The maximum Gasteiger partial charge on any atom is 0.276 e. The molecule has 0 aliphatic rings. The van der Waals surface area contributed by atoms with Crippen LogP contribution in [0.5, 0.6) is 5.75 Å². The number of nitrogens with two attached hydrogens (primary N) is 1. The first-order valence-electron chi connectivity index (χ1n) is 6.64. The van der Waals surface area contributed by atoms with Crippen LogP contribution in [-0.2, 0) is 7.05 Å². The van der Waals surface area contributed by atoms with Gasteiger partial charge in [-0.15, -0.1) is 0 Å². The van der Waals surface area contributed by atoms with Crippen LogP contribution < -0.4 is 16.0 Å². The fourth-order valence-electron chi connectivity index (χ4n) is 1.89. The third-order valence-electron chi connectivity index (χ3n) is 2.93. The largest absolute Gasteiger partial charge is 0.494 e. The van der Waals surface area contributed by atoms with Crippen molar-refractivity contribution in [3.63, 3.8) is 0 Å². The van der Waals surface area contributed by atoms with Crippen LogP contribution in [-0.4, -0.2) is 21.4 Å². The lowest BCUT2D eigenvalue weighted by atomic mass is 10.1. The van der Waals surface area contributed by atoms with Gasteiger partial charge in [0.05, 0.1) is 17.9 Å². The molecule has 1 aromatic carbocycles. The molecule has 2 rings (SSSR count). The van der Waals surface area contributed by atoms with E-state index in [2.05, 4.69) is 5.10 Å². The Hall–Kier alpha value is -2.21. The first-order valence-corrected chi connectivity index (χ1v) is 7.05. The molecule has 0 amide bonds. The molecule has 0 aliphatic carbocycles. The summed E-state index contributed by atoms with van der Waals surface area (Å²) in [4.78, 5) is 12.0. The molecule has 1 aromatic heterocycles. The van der Waals surface area contributed by atoms with Gasteiger partial charge >= 0.3 is 0 Å². The number of aryl methyl sites for hydroxylation is 1. The minimum absolute atomic E-state index is 0.0673. The minimum atomic E-state index is -0.301. The summed E-state index contributed by atoms with van der Waals surface area (Å²) >= 11 is 4.91. The lowest BCUT2D eigenvalue weighted by Gasteiger charge is -2.09. The first kappa shape index (κ1) is 15.2. The normalized spacial score (nSPS) is 10.4. The molecule has 0 radical (unpaired) electrons. The van der Waals surface area contributed by atoms with E-state index in [9.17, 15) is 4.79 Å². The van der Waals surface area contributed by atoms with E-state index in [1.165, 1.54) is 4.68 Å². The molecule has 0 spiro atoms. The highest BCUT2D eigenvalue weighted by Gasteiger charge is 2.10. The molecule has 110 valence electrons. The molecule has 0 bridgehead atoms. The standard InChI is InChI=1S/C15H17N3O2S/c1-3-7-20-11-6-4-5-10(8-11)13-9-12(14(16)21)15(19)18(2)17-13/h4-6,8-9H,3,7H2,1-2H3,(H2,16,21). The fraction of sp³-hybridized carbons (Fsp3) is 0.267. The van der Waals surface area contributed by atoms with Crippen LogP contribution in [0.4, 0.5) is 0 Å². The number of nitrogens with zero attached hydrogens (tertiary/aromatic N) is 2. The zero-order valence-corrected chi connectivity index (χ0v) is 12.8. The van der Waals surface area contributed by atoms with E-state index in [1.54, 1.807) is 13.1 Å². The van der Waals surface area contributed by atoms with Crippen molar-refractivity contribution in [2.45, 2.75) is 13.3 Å². The predicted molar refractivity (Wildman–Crippen MR) is 86.6 cm³/mol. The number of thiocarbonyl (C=S) groups is 1. The molecule has 6 heteroatoms. The Kier molecular flexibility index (Phi) is 4.70. The SMILES string of the molecule is CCCOc1cccc(-c2cc(C(N)=S)c(=O)n(C)n2)c1. The number of rotatable bonds is 5.